The van der Waals surface area contributed by atoms with Crippen LogP contribution in [-0.2, 0) is 6.54 Å². The highest BCUT2D eigenvalue weighted by Crippen LogP contribution is 2.29. The van der Waals surface area contributed by atoms with Gasteiger partial charge in [-0.1, -0.05) is 19.1 Å². The van der Waals surface area contributed by atoms with E-state index in [4.69, 9.17) is 9.47 Å². The van der Waals surface area contributed by atoms with Crippen LogP contribution >= 0.6 is 0 Å². The van der Waals surface area contributed by atoms with Gasteiger partial charge < -0.3 is 14.8 Å². The molecule has 0 aliphatic rings. The van der Waals surface area contributed by atoms with Gasteiger partial charge in [-0.2, -0.15) is 5.10 Å². The normalized spacial score (nSPS) is 10.3. The summed E-state index contributed by atoms with van der Waals surface area (Å²) >= 11 is 0. The Balaban J connectivity index is 2.06. The lowest BCUT2D eigenvalue weighted by atomic mass is 10.3. The van der Waals surface area contributed by atoms with Gasteiger partial charge in [-0.3, -0.25) is 0 Å². The molecule has 1 N–H and O–H groups in total. The number of benzene rings is 1. The van der Waals surface area contributed by atoms with Gasteiger partial charge in [0, 0.05) is 12.6 Å². The van der Waals surface area contributed by atoms with Crippen molar-refractivity contribution in [3.63, 3.8) is 0 Å². The Hall–Kier alpha value is -2.14. The lowest BCUT2D eigenvalue weighted by molar-refractivity contribution is 0.319. The number of hydrogen-bond acceptors (Lipinski definition) is 5. The second-order valence-electron chi connectivity index (χ2n) is 4.13. The van der Waals surface area contributed by atoms with E-state index < -0.39 is 0 Å². The Morgan fingerprint density at radius 2 is 1.80 bits per heavy atom. The average molecular weight is 273 g/mol. The third-order valence-corrected chi connectivity index (χ3v) is 2.61. The van der Waals surface area contributed by atoms with Crippen LogP contribution in [0.2, 0.25) is 0 Å². The SMILES string of the molecule is CCNCc1ccc(Oc2ccccc2OCC)nn1. The molecular formula is C15H19N3O2. The average Bonchev–Trinajstić information content (AvgIpc) is 2.49. The van der Waals surface area contributed by atoms with Crippen LogP contribution < -0.4 is 14.8 Å². The van der Waals surface area contributed by atoms with Crippen molar-refractivity contribution in [2.24, 2.45) is 0 Å². The summed E-state index contributed by atoms with van der Waals surface area (Å²) in [5.41, 5.74) is 0.886. The summed E-state index contributed by atoms with van der Waals surface area (Å²) in [5, 5.41) is 11.4. The first-order valence-corrected chi connectivity index (χ1v) is 6.76. The molecule has 1 aromatic carbocycles. The topological polar surface area (TPSA) is 56.3 Å². The van der Waals surface area contributed by atoms with Gasteiger partial charge in [0.05, 0.1) is 12.3 Å². The summed E-state index contributed by atoms with van der Waals surface area (Å²) in [4.78, 5) is 0. The molecule has 0 saturated heterocycles. The molecule has 0 spiro atoms. The van der Waals surface area contributed by atoms with Crippen molar-refractivity contribution in [3.8, 4) is 17.4 Å². The van der Waals surface area contributed by atoms with Gasteiger partial charge in [-0.25, -0.2) is 0 Å². The molecule has 2 rings (SSSR count). The largest absolute Gasteiger partial charge is 0.490 e. The van der Waals surface area contributed by atoms with Crippen LogP contribution in [0.1, 0.15) is 19.5 Å². The summed E-state index contributed by atoms with van der Waals surface area (Å²) in [6, 6.07) is 11.2. The zero-order valence-electron chi connectivity index (χ0n) is 11.8. The standard InChI is InChI=1S/C15H19N3O2/c1-3-16-11-12-9-10-15(18-17-12)20-14-8-6-5-7-13(14)19-4-2/h5-10,16H,3-4,11H2,1-2H3. The van der Waals surface area contributed by atoms with Gasteiger partial charge in [0.15, 0.2) is 11.5 Å². The molecule has 0 saturated carbocycles. The van der Waals surface area contributed by atoms with Gasteiger partial charge in [0.1, 0.15) is 0 Å². The smallest absolute Gasteiger partial charge is 0.239 e. The number of aromatic nitrogens is 2. The highest BCUT2D eigenvalue weighted by molar-refractivity contribution is 5.41. The molecule has 0 unspecified atom stereocenters. The van der Waals surface area contributed by atoms with Crippen LogP contribution in [0.3, 0.4) is 0 Å². The molecule has 1 aromatic heterocycles. The molecule has 0 aliphatic heterocycles. The second-order valence-corrected chi connectivity index (χ2v) is 4.13. The molecule has 0 aliphatic carbocycles. The molecular weight excluding hydrogens is 254 g/mol. The van der Waals surface area contributed by atoms with E-state index in [1.807, 2.05) is 43.3 Å². The Morgan fingerprint density at radius 1 is 1.00 bits per heavy atom. The van der Waals surface area contributed by atoms with Crippen molar-refractivity contribution in [2.75, 3.05) is 13.2 Å². The molecule has 106 valence electrons. The van der Waals surface area contributed by atoms with Crippen LogP contribution in [0, 0.1) is 0 Å². The Kier molecular flexibility index (Phi) is 5.32. The van der Waals surface area contributed by atoms with E-state index in [9.17, 15) is 0 Å². The van der Waals surface area contributed by atoms with E-state index >= 15 is 0 Å². The van der Waals surface area contributed by atoms with Crippen LogP contribution in [0.25, 0.3) is 0 Å². The maximum Gasteiger partial charge on any atom is 0.239 e. The third kappa shape index (κ3) is 3.93. The fourth-order valence-corrected chi connectivity index (χ4v) is 1.67. The maximum atomic E-state index is 5.70. The number of nitrogens with one attached hydrogen (secondary N) is 1. The molecule has 0 bridgehead atoms. The monoisotopic (exact) mass is 273 g/mol. The summed E-state index contributed by atoms with van der Waals surface area (Å²) in [7, 11) is 0. The van der Waals surface area contributed by atoms with Gasteiger partial charge in [0.25, 0.3) is 0 Å². The third-order valence-electron chi connectivity index (χ3n) is 2.61. The van der Waals surface area contributed by atoms with Crippen molar-refractivity contribution < 1.29 is 9.47 Å². The molecule has 5 heteroatoms. The Labute approximate surface area is 118 Å². The number of ether oxygens (including phenoxy) is 2. The van der Waals surface area contributed by atoms with Gasteiger partial charge in [-0.05, 0) is 31.7 Å². The predicted molar refractivity (Wildman–Crippen MR) is 77.1 cm³/mol. The van der Waals surface area contributed by atoms with Crippen LogP contribution in [0.4, 0.5) is 0 Å². The van der Waals surface area contributed by atoms with Crippen LogP contribution in [0.15, 0.2) is 36.4 Å². The highest BCUT2D eigenvalue weighted by Gasteiger charge is 2.06. The van der Waals surface area contributed by atoms with E-state index in [0.29, 0.717) is 30.5 Å². The van der Waals surface area contributed by atoms with Crippen LogP contribution in [-0.4, -0.2) is 23.3 Å². The van der Waals surface area contributed by atoms with Gasteiger partial charge >= 0.3 is 0 Å². The zero-order valence-corrected chi connectivity index (χ0v) is 11.8. The Bertz CT molecular complexity index is 529. The molecule has 0 atom stereocenters. The van der Waals surface area contributed by atoms with Gasteiger partial charge in [-0.15, -0.1) is 5.10 Å². The molecule has 20 heavy (non-hydrogen) atoms. The summed E-state index contributed by atoms with van der Waals surface area (Å²) in [5.74, 6) is 1.80. The lowest BCUT2D eigenvalue weighted by Gasteiger charge is -2.10. The molecule has 2 aromatic rings. The number of nitrogens with zero attached hydrogens (tertiary/aromatic N) is 2. The number of hydrogen-bond donors (Lipinski definition) is 1. The minimum Gasteiger partial charge on any atom is -0.490 e. The predicted octanol–water partition coefficient (Wildman–Crippen LogP) is 2.78. The van der Waals surface area contributed by atoms with Crippen molar-refractivity contribution in [1.29, 1.82) is 0 Å². The summed E-state index contributed by atoms with van der Waals surface area (Å²) in [6.45, 7) is 6.19. The minimum atomic E-state index is 0.456. The van der Waals surface area contributed by atoms with Gasteiger partial charge in [0.2, 0.25) is 5.88 Å². The van der Waals surface area contributed by atoms with E-state index in [1.165, 1.54) is 0 Å². The highest BCUT2D eigenvalue weighted by atomic mass is 16.5. The lowest BCUT2D eigenvalue weighted by Crippen LogP contribution is -2.13. The van der Waals surface area contributed by atoms with Crippen molar-refractivity contribution in [3.05, 3.63) is 42.1 Å². The molecule has 1 heterocycles. The van der Waals surface area contributed by atoms with Crippen molar-refractivity contribution in [1.82, 2.24) is 15.5 Å². The molecule has 0 fully saturated rings. The van der Waals surface area contributed by atoms with E-state index in [-0.39, 0.29) is 0 Å². The van der Waals surface area contributed by atoms with E-state index in [1.54, 1.807) is 0 Å². The number of rotatable bonds is 7. The first-order chi connectivity index (χ1) is 9.83. The minimum absolute atomic E-state index is 0.456. The van der Waals surface area contributed by atoms with E-state index in [0.717, 1.165) is 12.2 Å². The molecule has 0 amide bonds. The Morgan fingerprint density at radius 3 is 2.45 bits per heavy atom. The first-order valence-electron chi connectivity index (χ1n) is 6.76. The zero-order chi connectivity index (χ0) is 14.2. The summed E-state index contributed by atoms with van der Waals surface area (Å²) in [6.07, 6.45) is 0. The molecule has 0 radical (unpaired) electrons. The van der Waals surface area contributed by atoms with Crippen molar-refractivity contribution >= 4 is 0 Å². The van der Waals surface area contributed by atoms with Crippen LogP contribution in [0.5, 0.6) is 17.4 Å². The van der Waals surface area contributed by atoms with E-state index in [2.05, 4.69) is 22.4 Å². The van der Waals surface area contributed by atoms with Crippen molar-refractivity contribution in [2.45, 2.75) is 20.4 Å². The first kappa shape index (κ1) is 14.3. The summed E-state index contributed by atoms with van der Waals surface area (Å²) < 4.78 is 11.2. The fraction of sp³-hybridized carbons (Fsp3) is 0.333. The quantitative estimate of drug-likeness (QED) is 0.840. The fourth-order valence-electron chi connectivity index (χ4n) is 1.67. The second kappa shape index (κ2) is 7.45. The molecule has 5 nitrogen and oxygen atoms in total. The maximum absolute atomic E-state index is 5.70. The number of para-hydroxylation sites is 2.